The van der Waals surface area contributed by atoms with Crippen molar-refractivity contribution in [3.8, 4) is 5.75 Å². The highest BCUT2D eigenvalue weighted by Crippen LogP contribution is 2.25. The molecular formula is C16H15N3O. The Kier molecular flexibility index (Phi) is 3.01. The van der Waals surface area contributed by atoms with Gasteiger partial charge >= 0.3 is 0 Å². The Morgan fingerprint density at radius 1 is 1.30 bits per heavy atom. The molecule has 2 aromatic rings. The van der Waals surface area contributed by atoms with Crippen molar-refractivity contribution in [2.24, 2.45) is 12.0 Å². The van der Waals surface area contributed by atoms with Gasteiger partial charge in [-0.1, -0.05) is 0 Å². The summed E-state index contributed by atoms with van der Waals surface area (Å²) in [5.74, 6) is 4.60. The number of fused-ring (bicyclic) bond motifs is 1. The molecule has 4 heteroatoms. The maximum atomic E-state index is 5.25. The zero-order valence-electron chi connectivity index (χ0n) is 11.7. The van der Waals surface area contributed by atoms with Crippen molar-refractivity contribution < 1.29 is 4.74 Å². The van der Waals surface area contributed by atoms with Gasteiger partial charge < -0.3 is 9.30 Å². The average molecular weight is 265 g/mol. The van der Waals surface area contributed by atoms with Crippen LogP contribution in [-0.2, 0) is 7.05 Å². The number of nitrogens with zero attached hydrogens (tertiary/aromatic N) is 3. The summed E-state index contributed by atoms with van der Waals surface area (Å²) in [4.78, 5) is 8.76. The van der Waals surface area contributed by atoms with E-state index in [-0.39, 0.29) is 0 Å². The maximum Gasteiger partial charge on any atom is 0.141 e. The second kappa shape index (κ2) is 4.83. The van der Waals surface area contributed by atoms with E-state index in [1.165, 1.54) is 0 Å². The van der Waals surface area contributed by atoms with Crippen LogP contribution in [0.5, 0.6) is 5.75 Å². The summed E-state index contributed by atoms with van der Waals surface area (Å²) in [6.07, 6.45) is 5.70. The number of aromatic nitrogens is 2. The van der Waals surface area contributed by atoms with Crippen molar-refractivity contribution in [2.45, 2.75) is 6.92 Å². The number of ether oxygens (including phenoxy) is 1. The van der Waals surface area contributed by atoms with E-state index < -0.39 is 0 Å². The lowest BCUT2D eigenvalue weighted by Gasteiger charge is -2.02. The molecule has 4 nitrogen and oxygen atoms in total. The van der Waals surface area contributed by atoms with Crippen LogP contribution >= 0.6 is 0 Å². The van der Waals surface area contributed by atoms with Gasteiger partial charge in [-0.15, -0.1) is 0 Å². The van der Waals surface area contributed by atoms with Crippen molar-refractivity contribution >= 4 is 22.5 Å². The molecular weight excluding hydrogens is 250 g/mol. The molecule has 0 bridgehead atoms. The normalized spacial score (nSPS) is 14.2. The molecule has 20 heavy (non-hydrogen) atoms. The highest BCUT2D eigenvalue weighted by Gasteiger charge is 2.12. The Hall–Kier alpha value is -2.58. The molecule has 0 atom stereocenters. The smallest absolute Gasteiger partial charge is 0.141 e. The van der Waals surface area contributed by atoms with Gasteiger partial charge in [0.1, 0.15) is 11.6 Å². The van der Waals surface area contributed by atoms with E-state index in [2.05, 4.69) is 21.5 Å². The van der Waals surface area contributed by atoms with Gasteiger partial charge in [-0.3, -0.25) is 0 Å². The number of allylic oxidation sites excluding steroid dienone is 4. The molecule has 0 spiro atoms. The van der Waals surface area contributed by atoms with E-state index in [0.29, 0.717) is 0 Å². The van der Waals surface area contributed by atoms with E-state index in [4.69, 9.17) is 9.72 Å². The second-order valence-electron chi connectivity index (χ2n) is 4.72. The summed E-state index contributed by atoms with van der Waals surface area (Å²) in [6.45, 7) is 2.01. The van der Waals surface area contributed by atoms with Crippen LogP contribution in [0.4, 0.5) is 0 Å². The molecule has 2 heterocycles. The first-order chi connectivity index (χ1) is 9.69. The second-order valence-corrected chi connectivity index (χ2v) is 4.72. The Morgan fingerprint density at radius 2 is 2.15 bits per heavy atom. The standard InChI is InChI=1S/C16H15N3O/c1-11-8-12(6-7-17-10-11)16-18-14-9-13(20-3)4-5-15(14)19(16)2/h4-6,8-10H,1-3H3. The molecule has 0 aliphatic carbocycles. The molecule has 0 saturated carbocycles. The lowest BCUT2D eigenvalue weighted by molar-refractivity contribution is 0.415. The molecule has 0 saturated heterocycles. The quantitative estimate of drug-likeness (QED) is 0.837. The van der Waals surface area contributed by atoms with Crippen LogP contribution in [0.15, 0.2) is 47.1 Å². The molecule has 0 amide bonds. The van der Waals surface area contributed by atoms with Crippen LogP contribution in [0.3, 0.4) is 0 Å². The van der Waals surface area contributed by atoms with Crippen molar-refractivity contribution in [2.75, 3.05) is 7.11 Å². The van der Waals surface area contributed by atoms with Crippen molar-refractivity contribution in [3.63, 3.8) is 0 Å². The Bertz CT molecular complexity index is 802. The van der Waals surface area contributed by atoms with E-state index in [0.717, 1.165) is 33.8 Å². The first kappa shape index (κ1) is 12.5. The first-order valence-corrected chi connectivity index (χ1v) is 6.37. The fourth-order valence-electron chi connectivity index (χ4n) is 2.26. The highest BCUT2D eigenvalue weighted by atomic mass is 16.5. The van der Waals surface area contributed by atoms with Crippen molar-refractivity contribution in [3.05, 3.63) is 47.9 Å². The van der Waals surface area contributed by atoms with Crippen LogP contribution < -0.4 is 4.74 Å². The number of hydrogen-bond donors (Lipinski definition) is 0. The minimum absolute atomic E-state index is 0.810. The monoisotopic (exact) mass is 265 g/mol. The van der Waals surface area contributed by atoms with Gasteiger partial charge in [0.25, 0.3) is 0 Å². The van der Waals surface area contributed by atoms with Gasteiger partial charge in [0.15, 0.2) is 0 Å². The van der Waals surface area contributed by atoms with Crippen LogP contribution in [0, 0.1) is 0 Å². The van der Waals surface area contributed by atoms with Crippen molar-refractivity contribution in [1.29, 1.82) is 0 Å². The zero-order chi connectivity index (χ0) is 14.1. The molecule has 1 aromatic carbocycles. The van der Waals surface area contributed by atoms with Gasteiger partial charge in [0.2, 0.25) is 0 Å². The molecule has 0 N–H and O–H groups in total. The average Bonchev–Trinajstić information content (AvgIpc) is 2.63. The van der Waals surface area contributed by atoms with Gasteiger partial charge in [-0.2, -0.15) is 0 Å². The Balaban J connectivity index is 2.20. The van der Waals surface area contributed by atoms with Crippen LogP contribution in [0.2, 0.25) is 0 Å². The Labute approximate surface area is 117 Å². The summed E-state index contributed by atoms with van der Waals surface area (Å²) in [5.41, 5.74) is 4.06. The molecule has 100 valence electrons. The molecule has 1 aliphatic rings. The van der Waals surface area contributed by atoms with Crippen LogP contribution in [0.25, 0.3) is 16.6 Å². The maximum absolute atomic E-state index is 5.25. The summed E-state index contributed by atoms with van der Waals surface area (Å²) in [6, 6.07) is 5.90. The zero-order valence-corrected chi connectivity index (χ0v) is 11.7. The van der Waals surface area contributed by atoms with Gasteiger partial charge in [-0.05, 0) is 36.6 Å². The summed E-state index contributed by atoms with van der Waals surface area (Å²) >= 11 is 0. The number of benzene rings is 1. The minimum Gasteiger partial charge on any atom is -0.497 e. The molecule has 0 unspecified atom stereocenters. The summed E-state index contributed by atoms with van der Waals surface area (Å²) < 4.78 is 7.31. The fourth-order valence-corrected chi connectivity index (χ4v) is 2.26. The molecule has 0 fully saturated rings. The van der Waals surface area contributed by atoms with Gasteiger partial charge in [0.05, 0.1) is 18.1 Å². The summed E-state index contributed by atoms with van der Waals surface area (Å²) in [7, 11) is 3.67. The van der Waals surface area contributed by atoms with E-state index in [1.54, 1.807) is 13.3 Å². The number of aryl methyl sites for hydroxylation is 1. The van der Waals surface area contributed by atoms with Gasteiger partial charge in [-0.25, -0.2) is 9.98 Å². The lowest BCUT2D eigenvalue weighted by atomic mass is 10.1. The number of rotatable bonds is 2. The first-order valence-electron chi connectivity index (χ1n) is 6.37. The highest BCUT2D eigenvalue weighted by molar-refractivity contribution is 5.87. The van der Waals surface area contributed by atoms with E-state index >= 15 is 0 Å². The number of hydrogen-bond acceptors (Lipinski definition) is 3. The third-order valence-electron chi connectivity index (χ3n) is 3.29. The molecule has 1 aromatic heterocycles. The third kappa shape index (κ3) is 2.06. The predicted molar refractivity (Wildman–Crippen MR) is 81.0 cm³/mol. The van der Waals surface area contributed by atoms with Crippen LogP contribution in [-0.4, -0.2) is 22.5 Å². The molecule has 0 radical (unpaired) electrons. The number of imidazole rings is 1. The topological polar surface area (TPSA) is 39.4 Å². The number of methoxy groups -OCH3 is 1. The molecule has 1 aliphatic heterocycles. The SMILES string of the molecule is COc1ccc2c(c1)nc(C1=CC(C)=CN=C=C1)n2C. The molecule has 3 rings (SSSR count). The fraction of sp³-hybridized carbons (Fsp3) is 0.188. The van der Waals surface area contributed by atoms with E-state index in [1.807, 2.05) is 38.2 Å². The lowest BCUT2D eigenvalue weighted by Crippen LogP contribution is -1.96. The third-order valence-corrected chi connectivity index (χ3v) is 3.29. The summed E-state index contributed by atoms with van der Waals surface area (Å²) in [5, 5.41) is 0. The van der Waals surface area contributed by atoms with Crippen LogP contribution in [0.1, 0.15) is 12.7 Å². The number of aliphatic imine (C=N–C) groups is 1. The largest absolute Gasteiger partial charge is 0.497 e. The minimum atomic E-state index is 0.810. The van der Waals surface area contributed by atoms with E-state index in [9.17, 15) is 0 Å². The van der Waals surface area contributed by atoms with Crippen molar-refractivity contribution in [1.82, 2.24) is 9.55 Å². The Morgan fingerprint density at radius 3 is 2.95 bits per heavy atom. The van der Waals surface area contributed by atoms with Gasteiger partial charge in [0, 0.05) is 31.0 Å². The predicted octanol–water partition coefficient (Wildman–Crippen LogP) is 3.11.